The maximum absolute atomic E-state index is 13.1. The molecule has 0 saturated carbocycles. The summed E-state index contributed by atoms with van der Waals surface area (Å²) in [5.41, 5.74) is 0.808. The van der Waals surface area contributed by atoms with Gasteiger partial charge in [0.2, 0.25) is 0 Å². The molecule has 128 valence electrons. The molecule has 6 nitrogen and oxygen atoms in total. The first-order valence-corrected chi connectivity index (χ1v) is 8.93. The lowest BCUT2D eigenvalue weighted by Crippen LogP contribution is -2.56. The number of piperidine rings is 1. The molecule has 0 bridgehead atoms. The number of pyridine rings is 1. The molecule has 6 heteroatoms. The van der Waals surface area contributed by atoms with Crippen molar-refractivity contribution in [2.75, 3.05) is 19.6 Å². The summed E-state index contributed by atoms with van der Waals surface area (Å²) in [6, 6.07) is 1.54. The van der Waals surface area contributed by atoms with Gasteiger partial charge in [0.1, 0.15) is 5.56 Å². The van der Waals surface area contributed by atoms with Crippen molar-refractivity contribution in [1.29, 1.82) is 0 Å². The minimum Gasteiger partial charge on any atom is -0.331 e. The zero-order chi connectivity index (χ0) is 16.7. The average Bonchev–Trinajstić information content (AvgIpc) is 3.03. The second kappa shape index (κ2) is 5.84. The van der Waals surface area contributed by atoms with Crippen LogP contribution < -0.4 is 10.9 Å². The number of aromatic nitrogens is 1. The van der Waals surface area contributed by atoms with Gasteiger partial charge in [-0.1, -0.05) is 0 Å². The Labute approximate surface area is 140 Å². The van der Waals surface area contributed by atoms with Crippen LogP contribution >= 0.6 is 0 Å². The Hall–Kier alpha value is -1.95. The van der Waals surface area contributed by atoms with Crippen LogP contribution in [0.4, 0.5) is 0 Å². The van der Waals surface area contributed by atoms with E-state index in [0.29, 0.717) is 30.6 Å². The first-order valence-electron chi connectivity index (χ1n) is 8.93. The highest BCUT2D eigenvalue weighted by molar-refractivity contribution is 6.01. The third kappa shape index (κ3) is 2.40. The van der Waals surface area contributed by atoms with Crippen molar-refractivity contribution in [3.63, 3.8) is 0 Å². The number of Topliss-reactive ketones (excluding diaryl/α,β-unsaturated/α-hetero) is 1. The number of carbonyl (C=O) groups excluding carboxylic acids is 2. The summed E-state index contributed by atoms with van der Waals surface area (Å²) in [6.07, 6.45) is 5.94. The fourth-order valence-electron chi connectivity index (χ4n) is 4.47. The first-order chi connectivity index (χ1) is 11.6. The number of carbonyl (C=O) groups is 2. The number of nitrogens with one attached hydrogen (secondary N) is 2. The van der Waals surface area contributed by atoms with Crippen LogP contribution in [0.15, 0.2) is 10.9 Å². The van der Waals surface area contributed by atoms with Gasteiger partial charge in [-0.2, -0.15) is 0 Å². The maximum atomic E-state index is 13.1. The summed E-state index contributed by atoms with van der Waals surface area (Å²) in [6.45, 7) is 2.38. The van der Waals surface area contributed by atoms with Crippen molar-refractivity contribution in [2.45, 2.75) is 50.5 Å². The Morgan fingerprint density at radius 2 is 2.00 bits per heavy atom. The molecule has 3 heterocycles. The number of fused-ring (bicyclic) bond motifs is 1. The molecule has 1 aromatic heterocycles. The zero-order valence-corrected chi connectivity index (χ0v) is 13.8. The van der Waals surface area contributed by atoms with Gasteiger partial charge in [-0.3, -0.25) is 14.4 Å². The highest BCUT2D eigenvalue weighted by Gasteiger charge is 2.44. The van der Waals surface area contributed by atoms with E-state index in [2.05, 4.69) is 10.3 Å². The smallest absolute Gasteiger partial charge is 0.261 e. The number of likely N-dealkylation sites (tertiary alicyclic amines) is 1. The van der Waals surface area contributed by atoms with E-state index in [4.69, 9.17) is 0 Å². The van der Waals surface area contributed by atoms with Crippen molar-refractivity contribution in [3.05, 3.63) is 33.2 Å². The normalized spacial score (nSPS) is 26.7. The van der Waals surface area contributed by atoms with Gasteiger partial charge in [0, 0.05) is 30.8 Å². The second-order valence-corrected chi connectivity index (χ2v) is 7.25. The van der Waals surface area contributed by atoms with Crippen molar-refractivity contribution in [2.24, 2.45) is 0 Å². The number of nitrogens with zero attached hydrogens (tertiary/aromatic N) is 1. The van der Waals surface area contributed by atoms with Gasteiger partial charge >= 0.3 is 0 Å². The number of aromatic amines is 1. The van der Waals surface area contributed by atoms with Crippen molar-refractivity contribution < 1.29 is 9.59 Å². The van der Waals surface area contributed by atoms with Crippen LogP contribution in [0.1, 0.15) is 64.9 Å². The SMILES string of the molecule is O=C1CCCc2[nH]c(=O)c(C(=O)N3CCCCC34CCNC4)cc21. The van der Waals surface area contributed by atoms with Crippen LogP contribution in [0.5, 0.6) is 0 Å². The van der Waals surface area contributed by atoms with Gasteiger partial charge in [0.15, 0.2) is 5.78 Å². The predicted octanol–water partition coefficient (Wildman–Crippen LogP) is 1.25. The van der Waals surface area contributed by atoms with Crippen molar-refractivity contribution in [1.82, 2.24) is 15.2 Å². The lowest BCUT2D eigenvalue weighted by atomic mass is 9.85. The summed E-state index contributed by atoms with van der Waals surface area (Å²) in [5.74, 6) is -0.196. The maximum Gasteiger partial charge on any atom is 0.261 e. The number of amides is 1. The monoisotopic (exact) mass is 329 g/mol. The summed E-state index contributed by atoms with van der Waals surface area (Å²) in [7, 11) is 0. The molecule has 1 spiro atoms. The van der Waals surface area contributed by atoms with Gasteiger partial charge < -0.3 is 15.2 Å². The fourth-order valence-corrected chi connectivity index (χ4v) is 4.47. The molecule has 4 rings (SSSR count). The number of aryl methyl sites for hydroxylation is 1. The Balaban J connectivity index is 1.72. The molecule has 1 aliphatic carbocycles. The fraction of sp³-hybridized carbons (Fsp3) is 0.611. The van der Waals surface area contributed by atoms with Crippen LogP contribution in [-0.2, 0) is 6.42 Å². The molecule has 1 aromatic rings. The van der Waals surface area contributed by atoms with Crippen molar-refractivity contribution >= 4 is 11.7 Å². The van der Waals surface area contributed by atoms with Crippen LogP contribution in [-0.4, -0.2) is 46.7 Å². The van der Waals surface area contributed by atoms with Crippen LogP contribution in [0, 0.1) is 0 Å². The Bertz CT molecular complexity index is 746. The largest absolute Gasteiger partial charge is 0.331 e. The average molecular weight is 329 g/mol. The molecule has 1 unspecified atom stereocenters. The molecule has 0 aromatic carbocycles. The standard InChI is InChI=1S/C18H23N3O3/c22-15-5-3-4-14-12(15)10-13(16(23)20-14)17(24)21-9-2-1-6-18(21)7-8-19-11-18/h10,19H,1-9,11H2,(H,20,23). The molecular weight excluding hydrogens is 306 g/mol. The minimum atomic E-state index is -0.361. The molecule has 24 heavy (non-hydrogen) atoms. The molecule has 2 fully saturated rings. The van der Waals surface area contributed by atoms with E-state index < -0.39 is 0 Å². The second-order valence-electron chi connectivity index (χ2n) is 7.25. The summed E-state index contributed by atoms with van der Waals surface area (Å²) >= 11 is 0. The highest BCUT2D eigenvalue weighted by atomic mass is 16.2. The number of rotatable bonds is 1. The van der Waals surface area contributed by atoms with Gasteiger partial charge in [-0.05, 0) is 51.1 Å². The molecule has 2 N–H and O–H groups in total. The highest BCUT2D eigenvalue weighted by Crippen LogP contribution is 2.34. The molecule has 0 radical (unpaired) electrons. The number of ketones is 1. The molecular formula is C18H23N3O3. The van der Waals surface area contributed by atoms with Gasteiger partial charge in [0.05, 0.1) is 5.54 Å². The molecule has 1 amide bonds. The molecule has 2 saturated heterocycles. The quantitative estimate of drug-likeness (QED) is 0.812. The lowest BCUT2D eigenvalue weighted by molar-refractivity contribution is 0.0378. The van der Waals surface area contributed by atoms with Crippen LogP contribution in [0.3, 0.4) is 0 Å². The van der Waals surface area contributed by atoms with E-state index in [1.165, 1.54) is 0 Å². The van der Waals surface area contributed by atoms with E-state index in [1.807, 2.05) is 4.90 Å². The first kappa shape index (κ1) is 15.6. The molecule has 3 aliphatic rings. The molecule has 2 aliphatic heterocycles. The number of H-pyrrole nitrogens is 1. The lowest BCUT2D eigenvalue weighted by Gasteiger charge is -2.44. The van der Waals surface area contributed by atoms with E-state index in [-0.39, 0.29) is 28.4 Å². The van der Waals surface area contributed by atoms with Crippen LogP contribution in [0.2, 0.25) is 0 Å². The number of hydrogen-bond acceptors (Lipinski definition) is 4. The summed E-state index contributed by atoms with van der Waals surface area (Å²) in [5, 5.41) is 3.36. The zero-order valence-electron chi connectivity index (χ0n) is 13.8. The van der Waals surface area contributed by atoms with E-state index >= 15 is 0 Å². The third-order valence-corrected chi connectivity index (χ3v) is 5.80. The number of hydrogen-bond donors (Lipinski definition) is 2. The molecule has 1 atom stereocenters. The van der Waals surface area contributed by atoms with E-state index in [1.54, 1.807) is 6.07 Å². The van der Waals surface area contributed by atoms with E-state index in [0.717, 1.165) is 45.2 Å². The summed E-state index contributed by atoms with van der Waals surface area (Å²) < 4.78 is 0. The van der Waals surface area contributed by atoms with E-state index in [9.17, 15) is 14.4 Å². The topological polar surface area (TPSA) is 82.3 Å². The van der Waals surface area contributed by atoms with Crippen LogP contribution in [0.25, 0.3) is 0 Å². The van der Waals surface area contributed by atoms with Gasteiger partial charge in [-0.25, -0.2) is 0 Å². The third-order valence-electron chi connectivity index (χ3n) is 5.80. The Morgan fingerprint density at radius 1 is 1.12 bits per heavy atom. The predicted molar refractivity (Wildman–Crippen MR) is 89.4 cm³/mol. The van der Waals surface area contributed by atoms with Gasteiger partial charge in [0.25, 0.3) is 11.5 Å². The minimum absolute atomic E-state index is 0.0254. The van der Waals surface area contributed by atoms with Gasteiger partial charge in [-0.15, -0.1) is 0 Å². The van der Waals surface area contributed by atoms with Crippen molar-refractivity contribution in [3.8, 4) is 0 Å². The Kier molecular flexibility index (Phi) is 3.79. The summed E-state index contributed by atoms with van der Waals surface area (Å²) in [4.78, 5) is 42.4. The Morgan fingerprint density at radius 3 is 2.79 bits per heavy atom.